The average Bonchev–Trinajstić information content (AvgIpc) is 3.55. The summed E-state index contributed by atoms with van der Waals surface area (Å²) in [4.78, 5) is 17.9. The van der Waals surface area contributed by atoms with E-state index in [1.165, 1.54) is 5.56 Å². The minimum atomic E-state index is -0.232. The number of phenols is 1. The smallest absolute Gasteiger partial charge is 0.231 e. The van der Waals surface area contributed by atoms with Crippen LogP contribution in [0, 0.1) is 0 Å². The standard InChI is InChI=1S/C30H30N2O7/c1-35-25-5-3-4-20(29(25)36-2)15-27-28(34)21-7-8-23(33)22(30(21)39-27)17-32-12-10-31(11-13-32)16-19-6-9-24-26(14-19)38-18-37-24/h3-9,14-15,33H,10-13,16-18H2,1-2H3. The van der Waals surface area contributed by atoms with Crippen molar-refractivity contribution < 1.29 is 33.6 Å². The van der Waals surface area contributed by atoms with Crippen molar-refractivity contribution in [3.8, 4) is 34.5 Å². The first kappa shape index (κ1) is 25.1. The number of hydrogen-bond donors (Lipinski definition) is 1. The van der Waals surface area contributed by atoms with Crippen LogP contribution in [0.25, 0.3) is 6.08 Å². The molecule has 0 saturated carbocycles. The van der Waals surface area contributed by atoms with Gasteiger partial charge in [-0.05, 0) is 42.0 Å². The second-order valence-corrected chi connectivity index (χ2v) is 9.70. The summed E-state index contributed by atoms with van der Waals surface area (Å²) in [6.45, 7) is 4.99. The molecule has 0 atom stereocenters. The van der Waals surface area contributed by atoms with Crippen LogP contribution >= 0.6 is 0 Å². The van der Waals surface area contributed by atoms with Gasteiger partial charge in [-0.25, -0.2) is 0 Å². The van der Waals surface area contributed by atoms with Gasteiger partial charge in [0.1, 0.15) is 11.5 Å². The number of hydrogen-bond acceptors (Lipinski definition) is 9. The normalized spacial score (nSPS) is 17.8. The van der Waals surface area contributed by atoms with E-state index in [-0.39, 0.29) is 24.1 Å². The zero-order chi connectivity index (χ0) is 26.9. The fourth-order valence-electron chi connectivity index (χ4n) is 5.24. The monoisotopic (exact) mass is 530 g/mol. The van der Waals surface area contributed by atoms with Crippen molar-refractivity contribution in [3.05, 3.63) is 76.5 Å². The van der Waals surface area contributed by atoms with Crippen LogP contribution in [0.15, 0.2) is 54.3 Å². The van der Waals surface area contributed by atoms with Crippen LogP contribution in [0.3, 0.4) is 0 Å². The molecule has 3 aliphatic heterocycles. The van der Waals surface area contributed by atoms with E-state index in [1.807, 2.05) is 24.3 Å². The maximum Gasteiger partial charge on any atom is 0.231 e. The van der Waals surface area contributed by atoms with E-state index in [9.17, 15) is 9.90 Å². The molecule has 0 bridgehead atoms. The van der Waals surface area contributed by atoms with E-state index in [0.29, 0.717) is 40.5 Å². The SMILES string of the molecule is COc1cccc(C=C2Oc3c(ccc(O)c3CN3CCN(Cc4ccc5c(c4)OCO5)CC3)C2=O)c1OC. The molecule has 0 unspecified atom stereocenters. The number of aromatic hydroxyl groups is 1. The van der Waals surface area contributed by atoms with Crippen LogP contribution < -0.4 is 23.7 Å². The highest BCUT2D eigenvalue weighted by Gasteiger charge is 2.32. The van der Waals surface area contributed by atoms with E-state index < -0.39 is 0 Å². The van der Waals surface area contributed by atoms with Gasteiger partial charge in [0.25, 0.3) is 0 Å². The summed E-state index contributed by atoms with van der Waals surface area (Å²) in [6, 6.07) is 14.7. The van der Waals surface area contributed by atoms with Crippen LogP contribution in [0.1, 0.15) is 27.0 Å². The van der Waals surface area contributed by atoms with Gasteiger partial charge in [-0.1, -0.05) is 18.2 Å². The number of benzene rings is 3. The van der Waals surface area contributed by atoms with Gasteiger partial charge in [0.05, 0.1) is 25.3 Å². The van der Waals surface area contributed by atoms with Gasteiger partial charge in [0, 0.05) is 44.8 Å². The molecule has 9 heteroatoms. The Bertz CT molecular complexity index is 1440. The van der Waals surface area contributed by atoms with Gasteiger partial charge in [-0.15, -0.1) is 0 Å². The lowest BCUT2D eigenvalue weighted by Gasteiger charge is -2.35. The number of nitrogens with zero attached hydrogens (tertiary/aromatic N) is 2. The largest absolute Gasteiger partial charge is 0.507 e. The molecule has 202 valence electrons. The molecule has 6 rings (SSSR count). The Balaban J connectivity index is 1.15. The molecule has 0 aromatic heterocycles. The second kappa shape index (κ2) is 10.5. The van der Waals surface area contributed by atoms with Gasteiger partial charge in [0.15, 0.2) is 28.8 Å². The Morgan fingerprint density at radius 3 is 2.46 bits per heavy atom. The van der Waals surface area contributed by atoms with E-state index in [2.05, 4.69) is 15.9 Å². The molecule has 39 heavy (non-hydrogen) atoms. The lowest BCUT2D eigenvalue weighted by atomic mass is 10.0. The van der Waals surface area contributed by atoms with Crippen LogP contribution in [0.4, 0.5) is 0 Å². The molecule has 3 aromatic carbocycles. The predicted octanol–water partition coefficient (Wildman–Crippen LogP) is 4.07. The third-order valence-corrected chi connectivity index (χ3v) is 7.33. The van der Waals surface area contributed by atoms with Gasteiger partial charge < -0.3 is 28.8 Å². The number of piperazine rings is 1. The van der Waals surface area contributed by atoms with Gasteiger partial charge in [-0.3, -0.25) is 14.6 Å². The van der Waals surface area contributed by atoms with Crippen molar-refractivity contribution in [3.63, 3.8) is 0 Å². The van der Waals surface area contributed by atoms with Crippen molar-refractivity contribution in [2.75, 3.05) is 47.2 Å². The third-order valence-electron chi connectivity index (χ3n) is 7.33. The second-order valence-electron chi connectivity index (χ2n) is 9.70. The van der Waals surface area contributed by atoms with E-state index in [1.54, 1.807) is 38.5 Å². The molecule has 1 saturated heterocycles. The van der Waals surface area contributed by atoms with Gasteiger partial charge >= 0.3 is 0 Å². The summed E-state index contributed by atoms with van der Waals surface area (Å²) in [5.74, 6) is 3.14. The highest BCUT2D eigenvalue weighted by Crippen LogP contribution is 2.41. The molecule has 1 fully saturated rings. The van der Waals surface area contributed by atoms with Crippen molar-refractivity contribution in [2.45, 2.75) is 13.1 Å². The Labute approximate surface area is 226 Å². The average molecular weight is 531 g/mol. The molecule has 0 aliphatic carbocycles. The summed E-state index contributed by atoms with van der Waals surface area (Å²) >= 11 is 0. The van der Waals surface area contributed by atoms with E-state index in [0.717, 1.165) is 44.2 Å². The molecule has 0 amide bonds. The Hall–Kier alpha value is -4.21. The van der Waals surface area contributed by atoms with Crippen LogP contribution in [-0.4, -0.2) is 67.9 Å². The zero-order valence-electron chi connectivity index (χ0n) is 21.9. The first-order valence-corrected chi connectivity index (χ1v) is 12.9. The van der Waals surface area contributed by atoms with Crippen molar-refractivity contribution in [1.29, 1.82) is 0 Å². The number of methoxy groups -OCH3 is 2. The summed E-state index contributed by atoms with van der Waals surface area (Å²) in [5.41, 5.74) is 2.91. The Morgan fingerprint density at radius 2 is 1.69 bits per heavy atom. The molecular formula is C30H30N2O7. The Morgan fingerprint density at radius 1 is 0.923 bits per heavy atom. The number of carbonyl (C=O) groups excluding carboxylic acids is 1. The molecule has 1 N–H and O–H groups in total. The van der Waals surface area contributed by atoms with E-state index in [4.69, 9.17) is 23.7 Å². The topological polar surface area (TPSA) is 89.9 Å². The van der Waals surface area contributed by atoms with Crippen LogP contribution in [0.5, 0.6) is 34.5 Å². The molecule has 3 aliphatic rings. The molecule has 3 heterocycles. The highest BCUT2D eigenvalue weighted by molar-refractivity contribution is 6.15. The lowest BCUT2D eigenvalue weighted by Crippen LogP contribution is -2.45. The number of rotatable bonds is 7. The van der Waals surface area contributed by atoms with Gasteiger partial charge in [0.2, 0.25) is 12.6 Å². The number of ether oxygens (including phenoxy) is 5. The number of carbonyl (C=O) groups is 1. The van der Waals surface area contributed by atoms with Gasteiger partial charge in [-0.2, -0.15) is 0 Å². The molecule has 0 radical (unpaired) electrons. The summed E-state index contributed by atoms with van der Waals surface area (Å²) in [6.07, 6.45) is 1.65. The minimum absolute atomic E-state index is 0.115. The highest BCUT2D eigenvalue weighted by atomic mass is 16.7. The fourth-order valence-corrected chi connectivity index (χ4v) is 5.24. The summed E-state index contributed by atoms with van der Waals surface area (Å²) in [7, 11) is 3.12. The summed E-state index contributed by atoms with van der Waals surface area (Å²) in [5, 5.41) is 10.7. The molecule has 0 spiro atoms. The quantitative estimate of drug-likeness (QED) is 0.454. The predicted molar refractivity (Wildman–Crippen MR) is 144 cm³/mol. The van der Waals surface area contributed by atoms with E-state index >= 15 is 0 Å². The first-order valence-electron chi connectivity index (χ1n) is 12.9. The molecule has 9 nitrogen and oxygen atoms in total. The third kappa shape index (κ3) is 4.86. The number of allylic oxidation sites excluding steroid dienone is 1. The van der Waals surface area contributed by atoms with Crippen molar-refractivity contribution in [2.24, 2.45) is 0 Å². The van der Waals surface area contributed by atoms with Crippen molar-refractivity contribution in [1.82, 2.24) is 9.80 Å². The number of ketones is 1. The van der Waals surface area contributed by atoms with Crippen LogP contribution in [0.2, 0.25) is 0 Å². The van der Waals surface area contributed by atoms with Crippen molar-refractivity contribution >= 4 is 11.9 Å². The maximum absolute atomic E-state index is 13.2. The number of phenolic OH excluding ortho intramolecular Hbond substituents is 1. The number of Topliss-reactive ketones (excluding diaryl/α,β-unsaturated/α-hetero) is 1. The fraction of sp³-hybridized carbons (Fsp3) is 0.300. The molecular weight excluding hydrogens is 500 g/mol. The Kier molecular flexibility index (Phi) is 6.76. The number of fused-ring (bicyclic) bond motifs is 2. The minimum Gasteiger partial charge on any atom is -0.507 e. The first-order chi connectivity index (χ1) is 19.0. The molecule has 3 aromatic rings. The maximum atomic E-state index is 13.2. The number of para-hydroxylation sites is 1. The zero-order valence-corrected chi connectivity index (χ0v) is 21.9. The van der Waals surface area contributed by atoms with Crippen LogP contribution in [-0.2, 0) is 13.1 Å². The summed E-state index contributed by atoms with van der Waals surface area (Å²) < 4.78 is 27.9. The lowest BCUT2D eigenvalue weighted by molar-refractivity contribution is 0.101.